The normalized spacial score (nSPS) is 10.8. The predicted molar refractivity (Wildman–Crippen MR) is 95.3 cm³/mol. The Balaban J connectivity index is 2.21. The van der Waals surface area contributed by atoms with Crippen LogP contribution < -0.4 is 10.3 Å². The number of hydrogen-bond donors (Lipinski definition) is 2. The zero-order valence-corrected chi connectivity index (χ0v) is 14.0. The van der Waals surface area contributed by atoms with Crippen LogP contribution in [0.25, 0.3) is 22.3 Å². The zero-order valence-electron chi connectivity index (χ0n) is 14.0. The van der Waals surface area contributed by atoms with Gasteiger partial charge in [0, 0.05) is 0 Å². The molecule has 0 atom stereocenters. The van der Waals surface area contributed by atoms with Crippen LogP contribution in [0.2, 0.25) is 0 Å². The first-order chi connectivity index (χ1) is 12.0. The fourth-order valence-corrected chi connectivity index (χ4v) is 2.66. The molecule has 0 saturated heterocycles. The summed E-state index contributed by atoms with van der Waals surface area (Å²) >= 11 is 0. The smallest absolute Gasteiger partial charge is 0.335 e. The fraction of sp³-hybridized carbons (Fsp3) is 0.211. The maximum absolute atomic E-state index is 12.4. The second-order valence-corrected chi connectivity index (χ2v) is 5.57. The highest BCUT2D eigenvalue weighted by molar-refractivity contribution is 5.93. The van der Waals surface area contributed by atoms with Gasteiger partial charge in [-0.25, -0.2) is 9.78 Å². The number of fused-ring (bicyclic) bond motifs is 1. The van der Waals surface area contributed by atoms with Crippen LogP contribution in [0.1, 0.15) is 29.8 Å². The lowest BCUT2D eigenvalue weighted by Crippen LogP contribution is -2.11. The highest BCUT2D eigenvalue weighted by Crippen LogP contribution is 2.29. The van der Waals surface area contributed by atoms with Gasteiger partial charge in [-0.05, 0) is 49.2 Å². The zero-order chi connectivity index (χ0) is 18.0. The van der Waals surface area contributed by atoms with E-state index in [4.69, 9.17) is 9.84 Å². The molecule has 0 saturated carbocycles. The van der Waals surface area contributed by atoms with E-state index in [1.165, 1.54) is 12.1 Å². The summed E-state index contributed by atoms with van der Waals surface area (Å²) in [6, 6.07) is 10.1. The standard InChI is InChI=1S/C19H18N2O4/c1-3-11-5-8-16(25-4-2)14(9-11)17-20-15-7-6-12(19(23)24)10-13(15)18(22)21-17/h5-10H,3-4H2,1-2H3,(H,23,24)(H,20,21,22). The van der Waals surface area contributed by atoms with E-state index in [0.29, 0.717) is 29.3 Å². The molecule has 3 aromatic rings. The molecule has 0 aliphatic rings. The summed E-state index contributed by atoms with van der Waals surface area (Å²) < 4.78 is 5.65. The molecule has 0 unspecified atom stereocenters. The molecule has 0 aliphatic carbocycles. The molecule has 0 bridgehead atoms. The molecule has 25 heavy (non-hydrogen) atoms. The Morgan fingerprint density at radius 3 is 2.68 bits per heavy atom. The lowest BCUT2D eigenvalue weighted by atomic mass is 10.1. The van der Waals surface area contributed by atoms with Crippen LogP contribution in [0.3, 0.4) is 0 Å². The monoisotopic (exact) mass is 338 g/mol. The highest BCUT2D eigenvalue weighted by atomic mass is 16.5. The number of aromatic amines is 1. The number of carbonyl (C=O) groups is 1. The van der Waals surface area contributed by atoms with Crippen molar-refractivity contribution in [2.24, 2.45) is 0 Å². The van der Waals surface area contributed by atoms with E-state index in [1.54, 1.807) is 6.07 Å². The van der Waals surface area contributed by atoms with Gasteiger partial charge in [0.05, 0.1) is 28.6 Å². The van der Waals surface area contributed by atoms with Gasteiger partial charge in [0.25, 0.3) is 5.56 Å². The van der Waals surface area contributed by atoms with E-state index >= 15 is 0 Å². The van der Waals surface area contributed by atoms with Crippen molar-refractivity contribution in [2.45, 2.75) is 20.3 Å². The Kier molecular flexibility index (Phi) is 4.52. The van der Waals surface area contributed by atoms with Gasteiger partial charge < -0.3 is 14.8 Å². The molecule has 0 fully saturated rings. The SMILES string of the molecule is CCOc1ccc(CC)cc1-c1nc2ccc(C(=O)O)cc2c(=O)[nH]1. The van der Waals surface area contributed by atoms with Gasteiger partial charge in [0.1, 0.15) is 11.6 Å². The van der Waals surface area contributed by atoms with Gasteiger partial charge in [0.15, 0.2) is 0 Å². The number of aromatic nitrogens is 2. The number of carboxylic acid groups (broad SMARTS) is 1. The number of nitrogens with one attached hydrogen (secondary N) is 1. The van der Waals surface area contributed by atoms with Crippen LogP contribution >= 0.6 is 0 Å². The number of nitrogens with zero attached hydrogens (tertiary/aromatic N) is 1. The number of H-pyrrole nitrogens is 1. The van der Waals surface area contributed by atoms with Crippen molar-refractivity contribution in [3.63, 3.8) is 0 Å². The summed E-state index contributed by atoms with van der Waals surface area (Å²) in [5, 5.41) is 9.32. The maximum atomic E-state index is 12.4. The van der Waals surface area contributed by atoms with Crippen LogP contribution in [-0.4, -0.2) is 27.7 Å². The van der Waals surface area contributed by atoms with Crippen molar-refractivity contribution in [1.29, 1.82) is 0 Å². The summed E-state index contributed by atoms with van der Waals surface area (Å²) in [4.78, 5) is 30.8. The third-order valence-corrected chi connectivity index (χ3v) is 3.96. The quantitative estimate of drug-likeness (QED) is 0.745. The molecular formula is C19H18N2O4. The second-order valence-electron chi connectivity index (χ2n) is 5.57. The van der Waals surface area contributed by atoms with Gasteiger partial charge >= 0.3 is 5.97 Å². The largest absolute Gasteiger partial charge is 0.493 e. The van der Waals surface area contributed by atoms with Gasteiger partial charge in [-0.1, -0.05) is 13.0 Å². The van der Waals surface area contributed by atoms with Crippen molar-refractivity contribution in [1.82, 2.24) is 9.97 Å². The first kappa shape index (κ1) is 16.7. The molecule has 6 nitrogen and oxygen atoms in total. The third kappa shape index (κ3) is 3.24. The number of aryl methyl sites for hydroxylation is 1. The number of ether oxygens (including phenoxy) is 1. The van der Waals surface area contributed by atoms with E-state index in [0.717, 1.165) is 12.0 Å². The maximum Gasteiger partial charge on any atom is 0.335 e. The number of aromatic carboxylic acids is 1. The molecule has 0 aliphatic heterocycles. The van der Waals surface area contributed by atoms with Gasteiger partial charge in [-0.15, -0.1) is 0 Å². The lowest BCUT2D eigenvalue weighted by molar-refractivity contribution is 0.0697. The minimum absolute atomic E-state index is 0.0514. The number of hydrogen-bond acceptors (Lipinski definition) is 4. The van der Waals surface area contributed by atoms with Gasteiger partial charge in [-0.3, -0.25) is 4.79 Å². The first-order valence-corrected chi connectivity index (χ1v) is 8.07. The van der Waals surface area contributed by atoms with Crippen molar-refractivity contribution in [3.05, 3.63) is 57.9 Å². The van der Waals surface area contributed by atoms with Crippen LogP contribution in [-0.2, 0) is 6.42 Å². The minimum Gasteiger partial charge on any atom is -0.493 e. The molecule has 2 N–H and O–H groups in total. The lowest BCUT2D eigenvalue weighted by Gasteiger charge is -2.12. The summed E-state index contributed by atoms with van der Waals surface area (Å²) in [6.45, 7) is 4.43. The Morgan fingerprint density at radius 1 is 1.20 bits per heavy atom. The number of rotatable bonds is 5. The van der Waals surface area contributed by atoms with Crippen LogP contribution in [0, 0.1) is 0 Å². The minimum atomic E-state index is -1.08. The van der Waals surface area contributed by atoms with Gasteiger partial charge in [0.2, 0.25) is 0 Å². The molecule has 6 heteroatoms. The molecule has 3 rings (SSSR count). The summed E-state index contributed by atoms with van der Waals surface area (Å²) in [5.74, 6) is -0.0386. The Morgan fingerprint density at radius 2 is 2.00 bits per heavy atom. The average Bonchev–Trinajstić information content (AvgIpc) is 2.61. The highest BCUT2D eigenvalue weighted by Gasteiger charge is 2.13. The van der Waals surface area contributed by atoms with Crippen LogP contribution in [0.4, 0.5) is 0 Å². The van der Waals surface area contributed by atoms with Crippen LogP contribution in [0.15, 0.2) is 41.2 Å². The fourth-order valence-electron chi connectivity index (χ4n) is 2.66. The van der Waals surface area contributed by atoms with E-state index in [2.05, 4.69) is 9.97 Å². The molecule has 1 heterocycles. The van der Waals surface area contributed by atoms with Crippen molar-refractivity contribution >= 4 is 16.9 Å². The van der Waals surface area contributed by atoms with Gasteiger partial charge in [-0.2, -0.15) is 0 Å². The molecule has 1 aromatic heterocycles. The summed E-state index contributed by atoms with van der Waals surface area (Å²) in [5.41, 5.74) is 1.92. The van der Waals surface area contributed by atoms with Crippen molar-refractivity contribution < 1.29 is 14.6 Å². The van der Waals surface area contributed by atoms with E-state index in [1.807, 2.05) is 32.0 Å². The van der Waals surface area contributed by atoms with Crippen LogP contribution in [0.5, 0.6) is 5.75 Å². The molecule has 0 radical (unpaired) electrons. The van der Waals surface area contributed by atoms with E-state index in [-0.39, 0.29) is 16.5 Å². The second kappa shape index (κ2) is 6.76. The Hall–Kier alpha value is -3.15. The third-order valence-electron chi connectivity index (χ3n) is 3.96. The molecule has 2 aromatic carbocycles. The number of benzene rings is 2. The average molecular weight is 338 g/mol. The predicted octanol–water partition coefficient (Wildman–Crippen LogP) is 3.25. The summed E-state index contributed by atoms with van der Waals surface area (Å²) in [7, 11) is 0. The van der Waals surface area contributed by atoms with Crippen molar-refractivity contribution in [2.75, 3.05) is 6.61 Å². The van der Waals surface area contributed by atoms with E-state index < -0.39 is 5.97 Å². The molecular weight excluding hydrogens is 320 g/mol. The Labute approximate surface area is 144 Å². The summed E-state index contributed by atoms with van der Waals surface area (Å²) in [6.07, 6.45) is 0.846. The topological polar surface area (TPSA) is 92.3 Å². The molecule has 0 amide bonds. The molecule has 0 spiro atoms. The van der Waals surface area contributed by atoms with Crippen molar-refractivity contribution in [3.8, 4) is 17.1 Å². The Bertz CT molecular complexity index is 1010. The first-order valence-electron chi connectivity index (χ1n) is 8.07. The number of carboxylic acids is 1. The molecule has 128 valence electrons. The van der Waals surface area contributed by atoms with E-state index in [9.17, 15) is 9.59 Å².